The van der Waals surface area contributed by atoms with Crippen LogP contribution in [0.15, 0.2) is 48.7 Å². The summed E-state index contributed by atoms with van der Waals surface area (Å²) in [5, 5.41) is 9.09. The number of aromatic nitrogens is 2. The van der Waals surface area contributed by atoms with Crippen molar-refractivity contribution in [2.75, 3.05) is 17.2 Å². The van der Waals surface area contributed by atoms with Crippen LogP contribution >= 0.6 is 0 Å². The van der Waals surface area contributed by atoms with Gasteiger partial charge < -0.3 is 21.7 Å². The van der Waals surface area contributed by atoms with E-state index in [1.54, 1.807) is 24.3 Å². The van der Waals surface area contributed by atoms with Gasteiger partial charge in [0.05, 0.1) is 6.04 Å². The summed E-state index contributed by atoms with van der Waals surface area (Å²) in [4.78, 5) is 32.7. The van der Waals surface area contributed by atoms with E-state index in [2.05, 4.69) is 25.9 Å². The van der Waals surface area contributed by atoms with Crippen LogP contribution in [-0.2, 0) is 6.42 Å². The molecule has 0 bridgehead atoms. The molecule has 1 aromatic heterocycles. The summed E-state index contributed by atoms with van der Waals surface area (Å²) >= 11 is 0. The van der Waals surface area contributed by atoms with E-state index in [4.69, 9.17) is 5.73 Å². The van der Waals surface area contributed by atoms with Gasteiger partial charge in [-0.25, -0.2) is 9.37 Å². The fraction of sp³-hybridized carbons (Fsp3) is 0.182. The van der Waals surface area contributed by atoms with Crippen LogP contribution in [0.25, 0.3) is 0 Å². The largest absolute Gasteiger partial charge is 0.365 e. The van der Waals surface area contributed by atoms with E-state index in [1.807, 2.05) is 13.0 Å². The highest BCUT2D eigenvalue weighted by molar-refractivity contribution is 6.00. The Balaban J connectivity index is 1.64. The van der Waals surface area contributed by atoms with Crippen LogP contribution in [-0.4, -0.2) is 28.3 Å². The van der Waals surface area contributed by atoms with E-state index >= 15 is 0 Å². The number of primary amides is 1. The summed E-state index contributed by atoms with van der Waals surface area (Å²) in [7, 11) is 0. The van der Waals surface area contributed by atoms with Crippen LogP contribution in [0.4, 0.5) is 21.8 Å². The van der Waals surface area contributed by atoms with E-state index in [0.29, 0.717) is 24.2 Å². The minimum absolute atomic E-state index is 0.123. The molecule has 3 aromatic rings. The maximum Gasteiger partial charge on any atom is 0.254 e. The Morgan fingerprint density at radius 3 is 2.74 bits per heavy atom. The quantitative estimate of drug-likeness (QED) is 0.486. The number of rotatable bonds is 6. The summed E-state index contributed by atoms with van der Waals surface area (Å²) in [6, 6.07) is 11.2. The van der Waals surface area contributed by atoms with Crippen molar-refractivity contribution in [1.29, 1.82) is 0 Å². The van der Waals surface area contributed by atoms with Gasteiger partial charge in [-0.2, -0.15) is 4.98 Å². The minimum Gasteiger partial charge on any atom is -0.365 e. The molecule has 0 fully saturated rings. The minimum atomic E-state index is -0.678. The number of nitrogens with two attached hydrogens (primary N) is 1. The Hall–Kier alpha value is -4.01. The molecule has 5 N–H and O–H groups in total. The standard InChI is InChI=1S/C22H21FN6O2/c1-12(13-5-7-14(23)8-6-13)27-22-26-11-17(19(24)30)20(29-22)28-18-4-2-3-16-15(18)9-10-25-21(16)31/h2-8,11-12H,9-10H2,1H3,(H2,24,30)(H,25,31)(H2,26,27,28,29)/t12-/m1/s1. The molecule has 0 saturated carbocycles. The molecular formula is C22H21FN6O2. The van der Waals surface area contributed by atoms with Crippen molar-refractivity contribution >= 4 is 29.3 Å². The van der Waals surface area contributed by atoms with Crippen LogP contribution in [0.3, 0.4) is 0 Å². The van der Waals surface area contributed by atoms with Gasteiger partial charge in [0.15, 0.2) is 0 Å². The van der Waals surface area contributed by atoms with E-state index in [-0.39, 0.29) is 35.1 Å². The third kappa shape index (κ3) is 4.30. The van der Waals surface area contributed by atoms with Gasteiger partial charge in [-0.1, -0.05) is 18.2 Å². The third-order valence-electron chi connectivity index (χ3n) is 5.10. The number of fused-ring (bicyclic) bond motifs is 1. The maximum atomic E-state index is 13.2. The van der Waals surface area contributed by atoms with E-state index < -0.39 is 5.91 Å². The van der Waals surface area contributed by atoms with Gasteiger partial charge in [0.2, 0.25) is 5.95 Å². The second kappa shape index (κ2) is 8.39. The van der Waals surface area contributed by atoms with Gasteiger partial charge in [0.1, 0.15) is 17.2 Å². The number of nitrogens with zero attached hydrogens (tertiary/aromatic N) is 2. The average molecular weight is 420 g/mol. The molecule has 158 valence electrons. The van der Waals surface area contributed by atoms with E-state index in [9.17, 15) is 14.0 Å². The summed E-state index contributed by atoms with van der Waals surface area (Å²) in [6.07, 6.45) is 1.99. The highest BCUT2D eigenvalue weighted by Crippen LogP contribution is 2.28. The van der Waals surface area contributed by atoms with Crippen molar-refractivity contribution in [2.24, 2.45) is 5.73 Å². The Morgan fingerprint density at radius 1 is 1.23 bits per heavy atom. The molecular weight excluding hydrogens is 399 g/mol. The van der Waals surface area contributed by atoms with E-state index in [1.165, 1.54) is 18.3 Å². The first-order valence-electron chi connectivity index (χ1n) is 9.78. The third-order valence-corrected chi connectivity index (χ3v) is 5.10. The lowest BCUT2D eigenvalue weighted by Crippen LogP contribution is -2.32. The molecule has 31 heavy (non-hydrogen) atoms. The highest BCUT2D eigenvalue weighted by Gasteiger charge is 2.21. The van der Waals surface area contributed by atoms with Crippen molar-refractivity contribution < 1.29 is 14.0 Å². The van der Waals surface area contributed by atoms with Gasteiger partial charge in [-0.3, -0.25) is 9.59 Å². The molecule has 0 saturated heterocycles. The van der Waals surface area contributed by atoms with Crippen LogP contribution in [0, 0.1) is 5.82 Å². The zero-order valence-corrected chi connectivity index (χ0v) is 16.8. The number of nitrogens with one attached hydrogen (secondary N) is 3. The maximum absolute atomic E-state index is 13.2. The molecule has 1 atom stereocenters. The molecule has 1 aliphatic heterocycles. The van der Waals surface area contributed by atoms with Crippen LogP contribution < -0.4 is 21.7 Å². The zero-order valence-electron chi connectivity index (χ0n) is 16.8. The Morgan fingerprint density at radius 2 is 2.00 bits per heavy atom. The number of benzene rings is 2. The van der Waals surface area contributed by atoms with Gasteiger partial charge >= 0.3 is 0 Å². The predicted octanol–water partition coefficient (Wildman–Crippen LogP) is 2.92. The molecule has 2 amide bonds. The van der Waals surface area contributed by atoms with Crippen LogP contribution in [0.5, 0.6) is 0 Å². The molecule has 4 rings (SSSR count). The summed E-state index contributed by atoms with van der Waals surface area (Å²) < 4.78 is 13.2. The number of halogens is 1. The van der Waals surface area contributed by atoms with Crippen molar-refractivity contribution in [3.63, 3.8) is 0 Å². The lowest BCUT2D eigenvalue weighted by Gasteiger charge is -2.21. The lowest BCUT2D eigenvalue weighted by atomic mass is 9.98. The number of anilines is 3. The van der Waals surface area contributed by atoms with Crippen molar-refractivity contribution in [2.45, 2.75) is 19.4 Å². The number of carbonyl (C=O) groups excluding carboxylic acids is 2. The molecule has 0 aliphatic carbocycles. The van der Waals surface area contributed by atoms with Crippen molar-refractivity contribution in [3.05, 3.63) is 76.7 Å². The Kier molecular flexibility index (Phi) is 5.48. The molecule has 9 heteroatoms. The average Bonchev–Trinajstić information content (AvgIpc) is 2.75. The molecule has 8 nitrogen and oxygen atoms in total. The van der Waals surface area contributed by atoms with Gasteiger partial charge in [0.25, 0.3) is 11.8 Å². The van der Waals surface area contributed by atoms with Crippen molar-refractivity contribution in [3.8, 4) is 0 Å². The number of hydrogen-bond donors (Lipinski definition) is 4. The molecule has 0 unspecified atom stereocenters. The van der Waals surface area contributed by atoms with Gasteiger partial charge in [0, 0.05) is 24.0 Å². The monoisotopic (exact) mass is 420 g/mol. The van der Waals surface area contributed by atoms with Gasteiger partial charge in [-0.15, -0.1) is 0 Å². The Bertz CT molecular complexity index is 1150. The highest BCUT2D eigenvalue weighted by atomic mass is 19.1. The molecule has 1 aliphatic rings. The number of carbonyl (C=O) groups is 2. The normalized spacial score (nSPS) is 13.7. The number of amides is 2. The first-order valence-corrected chi connectivity index (χ1v) is 9.78. The fourth-order valence-electron chi connectivity index (χ4n) is 3.47. The SMILES string of the molecule is C[C@@H](Nc1ncc(C(N)=O)c(Nc2cccc3c2CCNC3=O)n1)c1ccc(F)cc1. The molecule has 2 aromatic carbocycles. The topological polar surface area (TPSA) is 122 Å². The fourth-order valence-corrected chi connectivity index (χ4v) is 3.47. The predicted molar refractivity (Wildman–Crippen MR) is 115 cm³/mol. The zero-order chi connectivity index (χ0) is 22.0. The van der Waals surface area contributed by atoms with Crippen LogP contribution in [0.2, 0.25) is 0 Å². The smallest absolute Gasteiger partial charge is 0.254 e. The molecule has 0 radical (unpaired) electrons. The summed E-state index contributed by atoms with van der Waals surface area (Å²) in [5.41, 5.74) is 8.57. The van der Waals surface area contributed by atoms with Crippen LogP contribution in [0.1, 0.15) is 44.8 Å². The second-order valence-corrected chi connectivity index (χ2v) is 7.20. The molecule has 0 spiro atoms. The first kappa shape index (κ1) is 20.3. The summed E-state index contributed by atoms with van der Waals surface area (Å²) in [6.45, 7) is 2.41. The lowest BCUT2D eigenvalue weighted by molar-refractivity contribution is 0.0944. The van der Waals surface area contributed by atoms with E-state index in [0.717, 1.165) is 11.1 Å². The number of hydrogen-bond acceptors (Lipinski definition) is 6. The summed E-state index contributed by atoms with van der Waals surface area (Å²) in [5.74, 6) is -0.631. The first-order chi connectivity index (χ1) is 14.9. The Labute approximate surface area is 178 Å². The molecule has 2 heterocycles. The van der Waals surface area contributed by atoms with Gasteiger partial charge in [-0.05, 0) is 48.7 Å². The second-order valence-electron chi connectivity index (χ2n) is 7.20. The van der Waals surface area contributed by atoms with Crippen molar-refractivity contribution in [1.82, 2.24) is 15.3 Å².